The summed E-state index contributed by atoms with van der Waals surface area (Å²) >= 11 is 0. The third-order valence-corrected chi connectivity index (χ3v) is 4.09. The molecule has 0 amide bonds. The zero-order valence-corrected chi connectivity index (χ0v) is 11.4. The summed E-state index contributed by atoms with van der Waals surface area (Å²) in [7, 11) is 0. The average molecular weight is 243 g/mol. The fourth-order valence-electron chi connectivity index (χ4n) is 3.02. The van der Waals surface area contributed by atoms with E-state index in [9.17, 15) is 0 Å². The predicted molar refractivity (Wildman–Crippen MR) is 75.0 cm³/mol. The first-order chi connectivity index (χ1) is 8.58. The summed E-state index contributed by atoms with van der Waals surface area (Å²) in [4.78, 5) is 8.39. The highest BCUT2D eigenvalue weighted by molar-refractivity contribution is 5.79. The topological polar surface area (TPSA) is 40.7 Å². The molecule has 0 saturated carbocycles. The van der Waals surface area contributed by atoms with Crippen molar-refractivity contribution >= 4 is 11.0 Å². The highest BCUT2D eigenvalue weighted by Gasteiger charge is 2.31. The second kappa shape index (κ2) is 4.09. The van der Waals surface area contributed by atoms with Crippen LogP contribution in [0.2, 0.25) is 0 Å². The first-order valence-corrected chi connectivity index (χ1v) is 6.77. The number of H-pyrrole nitrogens is 1. The Bertz CT molecular complexity index is 577. The van der Waals surface area contributed by atoms with Gasteiger partial charge in [-0.15, -0.1) is 0 Å². The fourth-order valence-corrected chi connectivity index (χ4v) is 3.02. The number of aromatic nitrogens is 2. The molecule has 1 fully saturated rings. The Labute approximate surface area is 108 Å². The molecule has 1 aliphatic rings. The number of imidazole rings is 1. The number of hydrogen-bond donors (Lipinski definition) is 2. The number of rotatable bonds is 1. The van der Waals surface area contributed by atoms with Crippen molar-refractivity contribution in [2.45, 2.75) is 39.0 Å². The average Bonchev–Trinajstić information content (AvgIpc) is 2.74. The maximum absolute atomic E-state index is 4.85. The number of hydrogen-bond acceptors (Lipinski definition) is 2. The quantitative estimate of drug-likeness (QED) is 0.808. The smallest absolute Gasteiger partial charge is 0.114 e. The molecule has 1 atom stereocenters. The Balaban J connectivity index is 2.10. The second-order valence-corrected chi connectivity index (χ2v) is 5.90. The largest absolute Gasteiger partial charge is 0.341 e. The van der Waals surface area contributed by atoms with Crippen molar-refractivity contribution in [3.05, 3.63) is 29.1 Å². The van der Waals surface area contributed by atoms with Crippen molar-refractivity contribution in [2.24, 2.45) is 0 Å². The molecule has 1 aromatic carbocycles. The van der Waals surface area contributed by atoms with Gasteiger partial charge in [0.15, 0.2) is 0 Å². The minimum atomic E-state index is 0.150. The third-order valence-electron chi connectivity index (χ3n) is 4.09. The van der Waals surface area contributed by atoms with Gasteiger partial charge in [-0.3, -0.25) is 0 Å². The van der Waals surface area contributed by atoms with Crippen LogP contribution in [0.3, 0.4) is 0 Å². The van der Waals surface area contributed by atoms with Crippen molar-refractivity contribution in [1.29, 1.82) is 0 Å². The molecule has 2 heterocycles. The Kier molecular flexibility index (Phi) is 2.67. The summed E-state index contributed by atoms with van der Waals surface area (Å²) in [5, 5.41) is 3.48. The molecule has 96 valence electrons. The Morgan fingerprint density at radius 1 is 1.28 bits per heavy atom. The van der Waals surface area contributed by atoms with E-state index in [0.717, 1.165) is 24.4 Å². The maximum atomic E-state index is 4.85. The van der Waals surface area contributed by atoms with Gasteiger partial charge < -0.3 is 10.3 Å². The van der Waals surface area contributed by atoms with Gasteiger partial charge in [0.25, 0.3) is 0 Å². The van der Waals surface area contributed by atoms with Gasteiger partial charge in [0.05, 0.1) is 11.0 Å². The van der Waals surface area contributed by atoms with E-state index < -0.39 is 0 Å². The highest BCUT2D eigenvalue weighted by Crippen LogP contribution is 2.31. The second-order valence-electron chi connectivity index (χ2n) is 5.90. The number of aromatic amines is 1. The number of nitrogens with zero attached hydrogens (tertiary/aromatic N) is 1. The van der Waals surface area contributed by atoms with Gasteiger partial charge in [0.2, 0.25) is 0 Å². The highest BCUT2D eigenvalue weighted by atomic mass is 15.0. The lowest BCUT2D eigenvalue weighted by Crippen LogP contribution is -2.41. The molecule has 1 aliphatic heterocycles. The van der Waals surface area contributed by atoms with Crippen molar-refractivity contribution in [3.8, 4) is 0 Å². The van der Waals surface area contributed by atoms with Crippen LogP contribution in [-0.2, 0) is 5.41 Å². The molecule has 1 aromatic heterocycles. The van der Waals surface area contributed by atoms with Crippen LogP contribution >= 0.6 is 0 Å². The van der Waals surface area contributed by atoms with Gasteiger partial charge in [-0.2, -0.15) is 0 Å². The molecule has 1 saturated heterocycles. The minimum Gasteiger partial charge on any atom is -0.341 e. The summed E-state index contributed by atoms with van der Waals surface area (Å²) in [6.45, 7) is 8.73. The van der Waals surface area contributed by atoms with Crippen LogP contribution in [0.5, 0.6) is 0 Å². The van der Waals surface area contributed by atoms with E-state index in [1.807, 2.05) is 0 Å². The van der Waals surface area contributed by atoms with Crippen LogP contribution in [0.4, 0.5) is 0 Å². The van der Waals surface area contributed by atoms with Gasteiger partial charge in [-0.1, -0.05) is 13.0 Å². The molecule has 2 N–H and O–H groups in total. The molecular formula is C15H21N3. The van der Waals surface area contributed by atoms with Crippen molar-refractivity contribution in [2.75, 3.05) is 13.1 Å². The van der Waals surface area contributed by atoms with E-state index >= 15 is 0 Å². The molecule has 3 nitrogen and oxygen atoms in total. The van der Waals surface area contributed by atoms with E-state index in [1.54, 1.807) is 0 Å². The molecule has 0 radical (unpaired) electrons. The van der Waals surface area contributed by atoms with Crippen LogP contribution in [0.15, 0.2) is 12.1 Å². The molecule has 3 rings (SSSR count). The lowest BCUT2D eigenvalue weighted by Gasteiger charge is -2.32. The molecule has 3 heteroatoms. The monoisotopic (exact) mass is 243 g/mol. The summed E-state index contributed by atoms with van der Waals surface area (Å²) in [5.74, 6) is 1.14. The fraction of sp³-hybridized carbons (Fsp3) is 0.533. The van der Waals surface area contributed by atoms with E-state index in [2.05, 4.69) is 43.2 Å². The van der Waals surface area contributed by atoms with E-state index in [1.165, 1.54) is 29.5 Å². The number of fused-ring (bicyclic) bond motifs is 1. The number of aryl methyl sites for hydroxylation is 2. The van der Waals surface area contributed by atoms with Gasteiger partial charge in [-0.05, 0) is 50.4 Å². The number of benzene rings is 1. The Hall–Kier alpha value is -1.35. The molecule has 2 aromatic rings. The predicted octanol–water partition coefficient (Wildman–Crippen LogP) is 2.82. The normalized spacial score (nSPS) is 24.6. The van der Waals surface area contributed by atoms with Crippen molar-refractivity contribution < 1.29 is 0 Å². The van der Waals surface area contributed by atoms with Crippen molar-refractivity contribution in [3.63, 3.8) is 0 Å². The summed E-state index contributed by atoms with van der Waals surface area (Å²) in [6.07, 6.45) is 2.43. The lowest BCUT2D eigenvalue weighted by atomic mass is 9.82. The zero-order valence-electron chi connectivity index (χ0n) is 11.4. The maximum Gasteiger partial charge on any atom is 0.114 e. The number of nitrogens with one attached hydrogen (secondary N) is 2. The zero-order chi connectivity index (χ0) is 12.8. The van der Waals surface area contributed by atoms with E-state index in [4.69, 9.17) is 4.98 Å². The van der Waals surface area contributed by atoms with Crippen LogP contribution in [-0.4, -0.2) is 23.1 Å². The first kappa shape index (κ1) is 11.7. The summed E-state index contributed by atoms with van der Waals surface area (Å²) in [5.41, 5.74) is 5.01. The molecule has 18 heavy (non-hydrogen) atoms. The van der Waals surface area contributed by atoms with Crippen LogP contribution in [0.25, 0.3) is 11.0 Å². The molecule has 0 bridgehead atoms. The van der Waals surface area contributed by atoms with Crippen molar-refractivity contribution in [1.82, 2.24) is 15.3 Å². The van der Waals surface area contributed by atoms with Crippen LogP contribution < -0.4 is 5.32 Å². The Morgan fingerprint density at radius 2 is 2.11 bits per heavy atom. The van der Waals surface area contributed by atoms with Crippen LogP contribution in [0, 0.1) is 13.8 Å². The standard InChI is InChI=1S/C15H21N3/c1-10-7-11(2)13-12(8-10)17-14(18-13)15(3)5-4-6-16-9-15/h7-8,16H,4-6,9H2,1-3H3,(H,17,18). The lowest BCUT2D eigenvalue weighted by molar-refractivity contribution is 0.326. The Morgan fingerprint density at radius 3 is 2.83 bits per heavy atom. The molecular weight excluding hydrogens is 222 g/mol. The summed E-state index contributed by atoms with van der Waals surface area (Å²) < 4.78 is 0. The van der Waals surface area contributed by atoms with E-state index in [0.29, 0.717) is 0 Å². The van der Waals surface area contributed by atoms with Gasteiger partial charge in [0, 0.05) is 12.0 Å². The van der Waals surface area contributed by atoms with Gasteiger partial charge in [0.1, 0.15) is 5.82 Å². The third kappa shape index (κ3) is 1.83. The number of piperidine rings is 1. The SMILES string of the molecule is Cc1cc(C)c2nc(C3(C)CCCNC3)[nH]c2c1. The molecule has 0 aliphatic carbocycles. The summed E-state index contributed by atoms with van der Waals surface area (Å²) in [6, 6.07) is 4.40. The minimum absolute atomic E-state index is 0.150. The van der Waals surface area contributed by atoms with Crippen LogP contribution in [0.1, 0.15) is 36.7 Å². The van der Waals surface area contributed by atoms with Gasteiger partial charge in [-0.25, -0.2) is 4.98 Å². The molecule has 1 unspecified atom stereocenters. The molecule has 0 spiro atoms. The van der Waals surface area contributed by atoms with E-state index in [-0.39, 0.29) is 5.41 Å². The first-order valence-electron chi connectivity index (χ1n) is 6.77. The van der Waals surface area contributed by atoms with Gasteiger partial charge >= 0.3 is 0 Å².